The van der Waals surface area contributed by atoms with Gasteiger partial charge in [0.2, 0.25) is 0 Å². The Hall–Kier alpha value is -1.17. The summed E-state index contributed by atoms with van der Waals surface area (Å²) in [5, 5.41) is 94.7. The number of carbonyl (C=O) groups excluding carboxylic acids is 1. The van der Waals surface area contributed by atoms with Crippen LogP contribution in [0.5, 0.6) is 0 Å². The van der Waals surface area contributed by atoms with Crippen LogP contribution in [0, 0.1) is 11.8 Å². The zero-order valence-electron chi connectivity index (χ0n) is 27.7. The van der Waals surface area contributed by atoms with Crippen molar-refractivity contribution in [1.82, 2.24) is 0 Å². The van der Waals surface area contributed by atoms with E-state index in [4.69, 9.17) is 37.9 Å². The van der Waals surface area contributed by atoms with E-state index in [-0.39, 0.29) is 25.2 Å². The summed E-state index contributed by atoms with van der Waals surface area (Å²) < 4.78 is 46.7. The van der Waals surface area contributed by atoms with Crippen LogP contribution in [0.1, 0.15) is 39.0 Å². The van der Waals surface area contributed by atoms with Gasteiger partial charge in [0.05, 0.1) is 49.3 Å². The molecule has 9 N–H and O–H groups in total. The van der Waals surface area contributed by atoms with Crippen molar-refractivity contribution < 1.29 is 88.6 Å². The van der Waals surface area contributed by atoms with E-state index in [2.05, 4.69) is 0 Å². The molecular formula is C31H52O18. The van der Waals surface area contributed by atoms with Crippen LogP contribution in [0.4, 0.5) is 0 Å². The van der Waals surface area contributed by atoms with Crippen LogP contribution in [-0.2, 0) is 42.7 Å². The van der Waals surface area contributed by atoms with E-state index in [9.17, 15) is 50.8 Å². The Morgan fingerprint density at radius 2 is 1.18 bits per heavy atom. The largest absolute Gasteiger partial charge is 0.463 e. The topological polar surface area (TPSA) is 273 Å². The maximum Gasteiger partial charge on any atom is 0.302 e. The lowest BCUT2D eigenvalue weighted by molar-refractivity contribution is -0.345. The van der Waals surface area contributed by atoms with Crippen molar-refractivity contribution in [3.63, 3.8) is 0 Å². The molecule has 18 atom stereocenters. The van der Waals surface area contributed by atoms with E-state index in [0.29, 0.717) is 12.8 Å². The maximum atomic E-state index is 11.5. The number of hydrogen-bond donors (Lipinski definition) is 9. The van der Waals surface area contributed by atoms with Crippen molar-refractivity contribution in [2.75, 3.05) is 27.4 Å². The lowest BCUT2D eigenvalue weighted by atomic mass is 9.72. The highest BCUT2D eigenvalue weighted by Crippen LogP contribution is 2.45. The molecule has 8 unspecified atom stereocenters. The lowest BCUT2D eigenvalue weighted by Gasteiger charge is -2.53. The Kier molecular flexibility index (Phi) is 13.3. The summed E-state index contributed by atoms with van der Waals surface area (Å²) in [6, 6.07) is 0. The summed E-state index contributed by atoms with van der Waals surface area (Å²) >= 11 is 0. The van der Waals surface area contributed by atoms with Gasteiger partial charge in [0.1, 0.15) is 61.5 Å². The van der Waals surface area contributed by atoms with E-state index in [1.165, 1.54) is 21.1 Å². The minimum absolute atomic E-state index is 0.0714. The molecule has 3 saturated heterocycles. The van der Waals surface area contributed by atoms with Crippen molar-refractivity contribution in [1.29, 1.82) is 0 Å². The molecule has 0 bridgehead atoms. The molecule has 0 amide bonds. The third-order valence-electron chi connectivity index (χ3n) is 10.7. The monoisotopic (exact) mass is 712 g/mol. The Morgan fingerprint density at radius 3 is 1.73 bits per heavy atom. The minimum Gasteiger partial charge on any atom is -0.463 e. The summed E-state index contributed by atoms with van der Waals surface area (Å²) in [6.07, 6.45) is -20.5. The molecule has 5 rings (SSSR count). The molecule has 0 spiro atoms. The fraction of sp³-hybridized carbons (Fsp3) is 0.968. The van der Waals surface area contributed by atoms with Gasteiger partial charge in [0.15, 0.2) is 12.6 Å². The fourth-order valence-electron chi connectivity index (χ4n) is 7.92. The number of hydrogen-bond acceptors (Lipinski definition) is 18. The highest BCUT2D eigenvalue weighted by molar-refractivity contribution is 5.65. The molecule has 0 aromatic rings. The van der Waals surface area contributed by atoms with Gasteiger partial charge in [-0.1, -0.05) is 0 Å². The van der Waals surface area contributed by atoms with Crippen molar-refractivity contribution in [3.05, 3.63) is 0 Å². The summed E-state index contributed by atoms with van der Waals surface area (Å²) in [5.41, 5.74) is 0. The zero-order valence-corrected chi connectivity index (χ0v) is 27.7. The molecule has 49 heavy (non-hydrogen) atoms. The molecule has 18 nitrogen and oxygen atoms in total. The van der Waals surface area contributed by atoms with Crippen LogP contribution in [-0.4, -0.2) is 190 Å². The molecular weight excluding hydrogens is 660 g/mol. The van der Waals surface area contributed by atoms with E-state index in [1.54, 1.807) is 0 Å². The fourth-order valence-corrected chi connectivity index (χ4v) is 7.92. The van der Waals surface area contributed by atoms with E-state index < -0.39 is 135 Å². The number of esters is 1. The number of ether oxygens (including phenoxy) is 8. The first-order valence-corrected chi connectivity index (χ1v) is 16.8. The van der Waals surface area contributed by atoms with E-state index in [1.807, 2.05) is 0 Å². The summed E-state index contributed by atoms with van der Waals surface area (Å²) in [5.74, 6) is -1.53. The summed E-state index contributed by atoms with van der Waals surface area (Å²) in [4.78, 5) is 11.5. The number of rotatable bonds is 10. The second-order valence-corrected chi connectivity index (χ2v) is 13.8. The standard InChI is InChI=1S/C31H52O18/c1-11(33)44-10-21-24(37)26(39)28(41)31(49-21)47-19-8-14-15(45-29(19)12-4-17(42-2)22(35)18(5-12)43-3)6-13(34)7-16(14)46-30-27(40)25(38)23(36)20(9-32)48-30/h12-32,34-41H,4-10H2,1-3H3/t12?,13?,14?,15?,16?,17?,18?,19?,20-,21-,22?,23-,24-,25+,26+,27-,28-,29?,30-,31-/m1/s1. The average molecular weight is 713 g/mol. The Balaban J connectivity index is 1.42. The molecule has 3 aliphatic heterocycles. The van der Waals surface area contributed by atoms with Crippen LogP contribution in [0.15, 0.2) is 0 Å². The molecule has 2 aliphatic carbocycles. The molecule has 2 saturated carbocycles. The quantitative estimate of drug-likeness (QED) is 0.0969. The maximum absolute atomic E-state index is 11.5. The number of methoxy groups -OCH3 is 2. The molecule has 0 radical (unpaired) electrons. The second-order valence-electron chi connectivity index (χ2n) is 13.8. The van der Waals surface area contributed by atoms with E-state index in [0.717, 1.165) is 0 Å². The normalized spacial score (nSPS) is 50.8. The van der Waals surface area contributed by atoms with Crippen molar-refractivity contribution in [3.8, 4) is 0 Å². The predicted molar refractivity (Wildman–Crippen MR) is 159 cm³/mol. The minimum atomic E-state index is -1.72. The van der Waals surface area contributed by atoms with Crippen LogP contribution in [0.25, 0.3) is 0 Å². The van der Waals surface area contributed by atoms with Crippen molar-refractivity contribution in [2.24, 2.45) is 11.8 Å². The third-order valence-corrected chi connectivity index (χ3v) is 10.7. The highest BCUT2D eigenvalue weighted by Gasteiger charge is 2.55. The smallest absolute Gasteiger partial charge is 0.302 e. The van der Waals surface area contributed by atoms with Crippen LogP contribution in [0.3, 0.4) is 0 Å². The summed E-state index contributed by atoms with van der Waals surface area (Å²) in [6.45, 7) is 0.0861. The molecule has 5 aliphatic rings. The van der Waals surface area contributed by atoms with Gasteiger partial charge in [-0.3, -0.25) is 4.79 Å². The van der Waals surface area contributed by atoms with Gasteiger partial charge in [-0.2, -0.15) is 0 Å². The number of aliphatic hydroxyl groups is 9. The molecule has 5 fully saturated rings. The molecule has 18 heteroatoms. The van der Waals surface area contributed by atoms with Crippen LogP contribution < -0.4 is 0 Å². The predicted octanol–water partition coefficient (Wildman–Crippen LogP) is -4.34. The first kappa shape index (κ1) is 39.0. The van der Waals surface area contributed by atoms with Gasteiger partial charge in [-0.15, -0.1) is 0 Å². The molecule has 0 aromatic carbocycles. The summed E-state index contributed by atoms with van der Waals surface area (Å²) in [7, 11) is 2.94. The molecule has 3 heterocycles. The Morgan fingerprint density at radius 1 is 0.633 bits per heavy atom. The number of fused-ring (bicyclic) bond motifs is 1. The van der Waals surface area contributed by atoms with Crippen LogP contribution in [0.2, 0.25) is 0 Å². The molecule has 0 aromatic heterocycles. The Labute approximate surface area is 283 Å². The second kappa shape index (κ2) is 16.7. The van der Waals surface area contributed by atoms with Gasteiger partial charge >= 0.3 is 5.97 Å². The first-order valence-electron chi connectivity index (χ1n) is 16.8. The van der Waals surface area contributed by atoms with Gasteiger partial charge < -0.3 is 83.9 Å². The zero-order chi connectivity index (χ0) is 35.7. The first-order chi connectivity index (χ1) is 23.3. The lowest BCUT2D eigenvalue weighted by Crippen LogP contribution is -2.63. The van der Waals surface area contributed by atoms with E-state index >= 15 is 0 Å². The number of carbonyl (C=O) groups is 1. The average Bonchev–Trinajstić information content (AvgIpc) is 3.08. The van der Waals surface area contributed by atoms with Gasteiger partial charge in [-0.25, -0.2) is 0 Å². The van der Waals surface area contributed by atoms with Crippen LogP contribution >= 0.6 is 0 Å². The Bertz CT molecular complexity index is 1050. The van der Waals surface area contributed by atoms with Crippen molar-refractivity contribution >= 4 is 5.97 Å². The van der Waals surface area contributed by atoms with Gasteiger partial charge in [0.25, 0.3) is 0 Å². The van der Waals surface area contributed by atoms with Gasteiger partial charge in [0, 0.05) is 33.5 Å². The SMILES string of the molecule is COC1CC(C2OC3CC(O)CC(O[C@@H]4O[C@H](CO)[C@@H](O)[C@H](O)[C@H]4O)C3CC2O[C@@H]2O[C@H](COC(C)=O)[C@@H](O)[C@H](O)[C@H]2O)CC(OC)C1O. The van der Waals surface area contributed by atoms with Crippen molar-refractivity contribution in [2.45, 2.75) is 149 Å². The van der Waals surface area contributed by atoms with Gasteiger partial charge in [-0.05, 0) is 31.6 Å². The number of aliphatic hydroxyl groups excluding tert-OH is 9. The highest BCUT2D eigenvalue weighted by atomic mass is 16.7. The third kappa shape index (κ3) is 8.40. The molecule has 284 valence electrons.